The highest BCUT2D eigenvalue weighted by Gasteiger charge is 2.32. The molecule has 1 amide bonds. The summed E-state index contributed by atoms with van der Waals surface area (Å²) in [6, 6.07) is 9.41. The predicted molar refractivity (Wildman–Crippen MR) is 105 cm³/mol. The number of ether oxygens (including phenoxy) is 1. The van der Waals surface area contributed by atoms with Crippen molar-refractivity contribution in [2.24, 2.45) is 0 Å². The van der Waals surface area contributed by atoms with Gasteiger partial charge in [-0.25, -0.2) is 13.4 Å². The summed E-state index contributed by atoms with van der Waals surface area (Å²) in [6.45, 7) is 4.25. The van der Waals surface area contributed by atoms with Crippen molar-refractivity contribution in [1.29, 1.82) is 0 Å². The minimum absolute atomic E-state index is 0.0835. The van der Waals surface area contributed by atoms with Crippen molar-refractivity contribution >= 4 is 37.7 Å². The largest absolute Gasteiger partial charge is 0.373 e. The number of nitrogens with zero attached hydrogens (tertiary/aromatic N) is 2. The normalized spacial score (nSPS) is 21.0. The lowest BCUT2D eigenvalue weighted by Gasteiger charge is -2.34. The second-order valence-electron chi connectivity index (χ2n) is 6.42. The Hall–Kier alpha value is -1.81. The van der Waals surface area contributed by atoms with Crippen LogP contribution in [-0.4, -0.2) is 48.9 Å². The number of rotatable bonds is 4. The first-order valence-electron chi connectivity index (χ1n) is 8.44. The monoisotopic (exact) mass is 453 g/mol. The Morgan fingerprint density at radius 1 is 1.22 bits per heavy atom. The molecule has 144 valence electrons. The van der Waals surface area contributed by atoms with Gasteiger partial charge >= 0.3 is 0 Å². The van der Waals surface area contributed by atoms with Gasteiger partial charge in [-0.05, 0) is 60.1 Å². The average molecular weight is 454 g/mol. The second-order valence-corrected chi connectivity index (χ2v) is 9.28. The molecule has 1 aromatic carbocycles. The van der Waals surface area contributed by atoms with E-state index in [0.29, 0.717) is 5.82 Å². The molecule has 1 aromatic heterocycles. The first-order chi connectivity index (χ1) is 12.8. The van der Waals surface area contributed by atoms with E-state index >= 15 is 0 Å². The average Bonchev–Trinajstić information content (AvgIpc) is 2.63. The van der Waals surface area contributed by atoms with Crippen molar-refractivity contribution in [3.05, 3.63) is 52.6 Å². The van der Waals surface area contributed by atoms with E-state index in [1.54, 1.807) is 30.5 Å². The van der Waals surface area contributed by atoms with Crippen LogP contribution in [0.3, 0.4) is 0 Å². The number of nitrogens with one attached hydrogen (secondary N) is 1. The highest BCUT2D eigenvalue weighted by molar-refractivity contribution is 9.10. The molecule has 0 bridgehead atoms. The molecule has 3 rings (SSSR count). The van der Waals surface area contributed by atoms with E-state index < -0.39 is 15.9 Å². The summed E-state index contributed by atoms with van der Waals surface area (Å²) in [5, 5.41) is 2.66. The Labute approximate surface area is 166 Å². The van der Waals surface area contributed by atoms with E-state index in [4.69, 9.17) is 4.74 Å². The van der Waals surface area contributed by atoms with Crippen LogP contribution in [-0.2, 0) is 14.8 Å². The number of morpholine rings is 1. The number of aromatic nitrogens is 1. The molecule has 0 saturated carbocycles. The molecule has 1 N–H and O–H groups in total. The van der Waals surface area contributed by atoms with E-state index in [-0.39, 0.29) is 35.8 Å². The van der Waals surface area contributed by atoms with Crippen LogP contribution in [0.2, 0.25) is 0 Å². The number of carbonyl (C=O) groups excluding carboxylic acids is 1. The van der Waals surface area contributed by atoms with Gasteiger partial charge in [-0.3, -0.25) is 4.79 Å². The van der Waals surface area contributed by atoms with Crippen LogP contribution in [0.5, 0.6) is 0 Å². The lowest BCUT2D eigenvalue weighted by molar-refractivity contribution is -0.0440. The molecule has 0 spiro atoms. The molecule has 7 nitrogen and oxygen atoms in total. The van der Waals surface area contributed by atoms with Crippen LogP contribution in [0.1, 0.15) is 24.2 Å². The molecule has 0 radical (unpaired) electrons. The summed E-state index contributed by atoms with van der Waals surface area (Å²) in [5.74, 6) is -0.0436. The molecule has 2 heterocycles. The Kier molecular flexibility index (Phi) is 5.95. The van der Waals surface area contributed by atoms with Crippen LogP contribution in [0.4, 0.5) is 5.82 Å². The number of sulfonamides is 1. The maximum Gasteiger partial charge on any atom is 0.256 e. The van der Waals surface area contributed by atoms with Crippen molar-refractivity contribution in [2.45, 2.75) is 31.0 Å². The highest BCUT2D eigenvalue weighted by atomic mass is 79.9. The predicted octanol–water partition coefficient (Wildman–Crippen LogP) is 2.89. The topological polar surface area (TPSA) is 88.6 Å². The molecule has 1 fully saturated rings. The summed E-state index contributed by atoms with van der Waals surface area (Å²) in [6.07, 6.45) is 1.20. The third kappa shape index (κ3) is 4.73. The van der Waals surface area contributed by atoms with Crippen molar-refractivity contribution < 1.29 is 17.9 Å². The lowest BCUT2D eigenvalue weighted by atomic mass is 10.2. The number of pyridine rings is 1. The molecule has 2 unspecified atom stereocenters. The smallest absolute Gasteiger partial charge is 0.256 e. The van der Waals surface area contributed by atoms with Crippen molar-refractivity contribution in [2.75, 3.05) is 18.4 Å². The van der Waals surface area contributed by atoms with Gasteiger partial charge in [-0.1, -0.05) is 6.07 Å². The number of carbonyl (C=O) groups is 1. The fourth-order valence-electron chi connectivity index (χ4n) is 2.91. The minimum Gasteiger partial charge on any atom is -0.373 e. The number of hydrogen-bond acceptors (Lipinski definition) is 5. The van der Waals surface area contributed by atoms with E-state index in [2.05, 4.69) is 26.2 Å². The molecule has 0 aliphatic carbocycles. The molecule has 1 aliphatic rings. The van der Waals surface area contributed by atoms with E-state index in [1.807, 2.05) is 13.8 Å². The third-order valence-corrected chi connectivity index (χ3v) is 6.39. The molecule has 27 heavy (non-hydrogen) atoms. The van der Waals surface area contributed by atoms with Gasteiger partial charge in [-0.2, -0.15) is 4.31 Å². The van der Waals surface area contributed by atoms with E-state index in [9.17, 15) is 13.2 Å². The van der Waals surface area contributed by atoms with E-state index in [0.717, 1.165) is 4.47 Å². The summed E-state index contributed by atoms with van der Waals surface area (Å²) >= 11 is 3.28. The zero-order valence-corrected chi connectivity index (χ0v) is 17.3. The van der Waals surface area contributed by atoms with Crippen molar-refractivity contribution in [3.63, 3.8) is 0 Å². The van der Waals surface area contributed by atoms with Crippen molar-refractivity contribution in [1.82, 2.24) is 9.29 Å². The maximum absolute atomic E-state index is 13.0. The van der Waals surface area contributed by atoms with E-state index in [1.165, 1.54) is 16.4 Å². The van der Waals surface area contributed by atoms with Crippen molar-refractivity contribution in [3.8, 4) is 0 Å². The zero-order chi connectivity index (χ0) is 19.6. The highest BCUT2D eigenvalue weighted by Crippen LogP contribution is 2.22. The van der Waals surface area contributed by atoms with Crippen LogP contribution in [0.15, 0.2) is 52.0 Å². The molecule has 2 atom stereocenters. The fourth-order valence-corrected chi connectivity index (χ4v) is 4.78. The van der Waals surface area contributed by atoms with Crippen LogP contribution in [0, 0.1) is 0 Å². The zero-order valence-electron chi connectivity index (χ0n) is 14.9. The summed E-state index contributed by atoms with van der Waals surface area (Å²) < 4.78 is 33.7. The third-order valence-electron chi connectivity index (χ3n) is 4.09. The molecule has 2 aromatic rings. The van der Waals surface area contributed by atoms with Crippen LogP contribution >= 0.6 is 15.9 Å². The van der Waals surface area contributed by atoms with Gasteiger partial charge in [0.15, 0.2) is 0 Å². The first-order valence-corrected chi connectivity index (χ1v) is 10.7. The van der Waals surface area contributed by atoms with Crippen LogP contribution < -0.4 is 5.32 Å². The Balaban J connectivity index is 1.82. The van der Waals surface area contributed by atoms with Gasteiger partial charge in [0, 0.05) is 29.3 Å². The quantitative estimate of drug-likeness (QED) is 0.768. The first kappa shape index (κ1) is 19.9. The van der Waals surface area contributed by atoms with Gasteiger partial charge in [0.25, 0.3) is 5.91 Å². The summed E-state index contributed by atoms with van der Waals surface area (Å²) in [5.41, 5.74) is 0.246. The van der Waals surface area contributed by atoms with Gasteiger partial charge < -0.3 is 10.1 Å². The Morgan fingerprint density at radius 3 is 2.56 bits per heavy atom. The standard InChI is InChI=1S/C18H20BrN3O4S/c1-12-10-22(11-13(2)26-12)27(24,25)16-5-3-4-14(8-16)18(23)21-17-7-6-15(19)9-20-17/h3-9,12-13H,10-11H2,1-2H3,(H,20,21,23). The summed E-state index contributed by atoms with van der Waals surface area (Å²) in [4.78, 5) is 16.6. The molecule has 1 aliphatic heterocycles. The van der Waals surface area contributed by atoms with Gasteiger partial charge in [0.2, 0.25) is 10.0 Å². The second kappa shape index (κ2) is 8.05. The number of hydrogen-bond donors (Lipinski definition) is 1. The number of amides is 1. The lowest BCUT2D eigenvalue weighted by Crippen LogP contribution is -2.48. The maximum atomic E-state index is 13.0. The van der Waals surface area contributed by atoms with Crippen LogP contribution in [0.25, 0.3) is 0 Å². The SMILES string of the molecule is CC1CN(S(=O)(=O)c2cccc(C(=O)Nc3ccc(Br)cn3)c2)CC(C)O1. The minimum atomic E-state index is -3.71. The Bertz CT molecular complexity index is 924. The fraction of sp³-hybridized carbons (Fsp3) is 0.333. The molecule has 1 saturated heterocycles. The Morgan fingerprint density at radius 2 is 1.93 bits per heavy atom. The number of anilines is 1. The number of benzene rings is 1. The van der Waals surface area contributed by atoms with Gasteiger partial charge in [0.05, 0.1) is 17.1 Å². The molecular formula is C18H20BrN3O4S. The molecule has 9 heteroatoms. The number of halogens is 1. The summed E-state index contributed by atoms with van der Waals surface area (Å²) in [7, 11) is -3.71. The van der Waals surface area contributed by atoms with Gasteiger partial charge in [-0.15, -0.1) is 0 Å². The van der Waals surface area contributed by atoms with Gasteiger partial charge in [0.1, 0.15) is 5.82 Å². The molecular weight excluding hydrogens is 434 g/mol.